The van der Waals surface area contributed by atoms with Gasteiger partial charge in [0.05, 0.1) is 12.2 Å². The van der Waals surface area contributed by atoms with E-state index in [1.807, 2.05) is 18.2 Å². The molecule has 0 bridgehead atoms. The van der Waals surface area contributed by atoms with Crippen LogP contribution in [0.3, 0.4) is 0 Å². The summed E-state index contributed by atoms with van der Waals surface area (Å²) in [5.74, 6) is -1.58. The maximum absolute atomic E-state index is 13.4. The molecule has 2 aliphatic rings. The first-order chi connectivity index (χ1) is 11.1. The second kappa shape index (κ2) is 5.22. The lowest BCUT2D eigenvalue weighted by Crippen LogP contribution is -2.47. The van der Waals surface area contributed by atoms with Gasteiger partial charge in [0.15, 0.2) is 11.6 Å². The Morgan fingerprint density at radius 1 is 1.04 bits per heavy atom. The lowest BCUT2D eigenvalue weighted by atomic mass is 10.1. The van der Waals surface area contributed by atoms with Crippen molar-refractivity contribution in [3.63, 3.8) is 0 Å². The highest BCUT2D eigenvalue weighted by Gasteiger charge is 2.32. The molecule has 2 aromatic rings. The van der Waals surface area contributed by atoms with Crippen LogP contribution in [0, 0.1) is 11.6 Å². The van der Waals surface area contributed by atoms with Gasteiger partial charge in [-0.05, 0) is 30.3 Å². The molecule has 0 N–H and O–H groups in total. The summed E-state index contributed by atoms with van der Waals surface area (Å²) in [6.07, 6.45) is 0. The zero-order valence-corrected chi connectivity index (χ0v) is 12.3. The number of carbonyl (C=O) groups is 1. The molecule has 0 unspecified atom stereocenters. The average Bonchev–Trinajstić information content (AvgIpc) is 2.58. The van der Waals surface area contributed by atoms with Crippen LogP contribution < -0.4 is 14.5 Å². The molecule has 2 heterocycles. The Kier molecular flexibility index (Phi) is 3.18. The van der Waals surface area contributed by atoms with Crippen molar-refractivity contribution in [3.8, 4) is 5.75 Å². The number of hydrogen-bond acceptors (Lipinski definition) is 3. The summed E-state index contributed by atoms with van der Waals surface area (Å²) >= 11 is 0. The SMILES string of the molecule is O=C(c1ccc(F)c(F)c1)N1CCN2CCOc3cccc1c32. The number of amides is 1. The number of benzene rings is 2. The maximum atomic E-state index is 13.4. The molecule has 0 fully saturated rings. The molecule has 0 atom stereocenters. The van der Waals surface area contributed by atoms with Gasteiger partial charge in [-0.1, -0.05) is 6.07 Å². The van der Waals surface area contributed by atoms with Gasteiger partial charge in [0.1, 0.15) is 18.0 Å². The van der Waals surface area contributed by atoms with Crippen LogP contribution in [0.25, 0.3) is 0 Å². The van der Waals surface area contributed by atoms with Crippen LogP contribution in [-0.2, 0) is 0 Å². The topological polar surface area (TPSA) is 32.8 Å². The van der Waals surface area contributed by atoms with Crippen LogP contribution in [0.2, 0.25) is 0 Å². The minimum Gasteiger partial charge on any atom is -0.489 e. The summed E-state index contributed by atoms with van der Waals surface area (Å²) in [6, 6.07) is 8.76. The molecule has 6 heteroatoms. The standard InChI is InChI=1S/C17H14F2N2O2/c18-12-5-4-11(10-13(12)19)17(22)21-7-6-20-8-9-23-15-3-1-2-14(21)16(15)20/h1-5,10H,6-9H2. The van der Waals surface area contributed by atoms with E-state index in [-0.39, 0.29) is 11.5 Å². The predicted octanol–water partition coefficient (Wildman–Crippen LogP) is 2.82. The first kappa shape index (κ1) is 14.0. The first-order valence-electron chi connectivity index (χ1n) is 7.43. The molecule has 0 spiro atoms. The maximum Gasteiger partial charge on any atom is 0.258 e. The highest BCUT2D eigenvalue weighted by Crippen LogP contribution is 2.42. The fourth-order valence-electron chi connectivity index (χ4n) is 3.10. The van der Waals surface area contributed by atoms with Gasteiger partial charge in [-0.15, -0.1) is 0 Å². The van der Waals surface area contributed by atoms with Crippen molar-refractivity contribution in [2.75, 3.05) is 36.0 Å². The third kappa shape index (κ3) is 2.21. The summed E-state index contributed by atoms with van der Waals surface area (Å²) in [5.41, 5.74) is 1.76. The van der Waals surface area contributed by atoms with Gasteiger partial charge in [0.2, 0.25) is 0 Å². The molecule has 118 valence electrons. The zero-order valence-electron chi connectivity index (χ0n) is 12.3. The van der Waals surface area contributed by atoms with Crippen molar-refractivity contribution in [2.45, 2.75) is 0 Å². The van der Waals surface area contributed by atoms with Crippen molar-refractivity contribution in [2.24, 2.45) is 0 Å². The summed E-state index contributed by atoms with van der Waals surface area (Å²) < 4.78 is 32.1. The number of nitrogens with zero attached hydrogens (tertiary/aromatic N) is 2. The van der Waals surface area contributed by atoms with Gasteiger partial charge < -0.3 is 14.5 Å². The van der Waals surface area contributed by atoms with Crippen molar-refractivity contribution in [1.29, 1.82) is 0 Å². The molecule has 0 saturated heterocycles. The number of halogens is 2. The van der Waals surface area contributed by atoms with E-state index in [9.17, 15) is 13.6 Å². The Bertz CT molecular complexity index is 794. The molecule has 1 amide bonds. The largest absolute Gasteiger partial charge is 0.489 e. The van der Waals surface area contributed by atoms with Crippen LogP contribution in [0.1, 0.15) is 10.4 Å². The van der Waals surface area contributed by atoms with Crippen LogP contribution >= 0.6 is 0 Å². The number of para-hydroxylation sites is 1. The van der Waals surface area contributed by atoms with Gasteiger partial charge in [0.25, 0.3) is 5.91 Å². The Morgan fingerprint density at radius 2 is 1.91 bits per heavy atom. The second-order valence-electron chi connectivity index (χ2n) is 5.55. The molecular weight excluding hydrogens is 302 g/mol. The Balaban J connectivity index is 1.75. The summed E-state index contributed by atoms with van der Waals surface area (Å²) in [4.78, 5) is 16.5. The van der Waals surface area contributed by atoms with Gasteiger partial charge in [-0.2, -0.15) is 0 Å². The van der Waals surface area contributed by atoms with E-state index in [0.717, 1.165) is 35.8 Å². The van der Waals surface area contributed by atoms with Crippen LogP contribution in [0.5, 0.6) is 5.75 Å². The molecule has 2 aliphatic heterocycles. The van der Waals surface area contributed by atoms with E-state index in [4.69, 9.17) is 4.74 Å². The van der Waals surface area contributed by atoms with E-state index >= 15 is 0 Å². The van der Waals surface area contributed by atoms with Crippen molar-refractivity contribution in [1.82, 2.24) is 0 Å². The quantitative estimate of drug-likeness (QED) is 0.811. The van der Waals surface area contributed by atoms with E-state index in [2.05, 4.69) is 4.90 Å². The van der Waals surface area contributed by atoms with Gasteiger partial charge in [-0.3, -0.25) is 4.79 Å². The van der Waals surface area contributed by atoms with Crippen LogP contribution in [0.15, 0.2) is 36.4 Å². The van der Waals surface area contributed by atoms with Crippen LogP contribution in [-0.4, -0.2) is 32.1 Å². The van der Waals surface area contributed by atoms with E-state index in [1.165, 1.54) is 6.07 Å². The van der Waals surface area contributed by atoms with E-state index in [0.29, 0.717) is 19.7 Å². The highest BCUT2D eigenvalue weighted by atomic mass is 19.2. The molecule has 2 aromatic carbocycles. The molecule has 23 heavy (non-hydrogen) atoms. The fraction of sp³-hybridized carbons (Fsp3) is 0.235. The Hall–Kier alpha value is -2.63. The summed E-state index contributed by atoms with van der Waals surface area (Å²) in [5, 5.41) is 0. The lowest BCUT2D eigenvalue weighted by molar-refractivity contribution is 0.0985. The fourth-order valence-corrected chi connectivity index (χ4v) is 3.10. The van der Waals surface area contributed by atoms with E-state index < -0.39 is 11.6 Å². The number of carbonyl (C=O) groups excluding carboxylic acids is 1. The van der Waals surface area contributed by atoms with Gasteiger partial charge >= 0.3 is 0 Å². The van der Waals surface area contributed by atoms with Crippen molar-refractivity contribution >= 4 is 17.3 Å². The second-order valence-corrected chi connectivity index (χ2v) is 5.55. The predicted molar refractivity (Wildman–Crippen MR) is 82.2 cm³/mol. The van der Waals surface area contributed by atoms with Crippen LogP contribution in [0.4, 0.5) is 20.2 Å². The Morgan fingerprint density at radius 3 is 2.74 bits per heavy atom. The van der Waals surface area contributed by atoms with E-state index in [1.54, 1.807) is 4.90 Å². The highest BCUT2D eigenvalue weighted by molar-refractivity contribution is 6.09. The average molecular weight is 316 g/mol. The van der Waals surface area contributed by atoms with Crippen molar-refractivity contribution < 1.29 is 18.3 Å². The molecule has 0 aliphatic carbocycles. The Labute approximate surface area is 131 Å². The number of ether oxygens (including phenoxy) is 1. The molecule has 0 saturated carbocycles. The number of rotatable bonds is 1. The molecule has 0 radical (unpaired) electrons. The molecular formula is C17H14F2N2O2. The van der Waals surface area contributed by atoms with Crippen molar-refractivity contribution in [3.05, 3.63) is 53.6 Å². The minimum absolute atomic E-state index is 0.131. The zero-order chi connectivity index (χ0) is 16.0. The minimum atomic E-state index is -1.02. The number of anilines is 2. The van der Waals surface area contributed by atoms with Gasteiger partial charge in [0, 0.05) is 18.7 Å². The smallest absolute Gasteiger partial charge is 0.258 e. The lowest BCUT2D eigenvalue weighted by Gasteiger charge is -2.41. The first-order valence-corrected chi connectivity index (χ1v) is 7.43. The normalized spacial score (nSPS) is 15.9. The number of hydrogen-bond donors (Lipinski definition) is 0. The van der Waals surface area contributed by atoms with Gasteiger partial charge in [-0.25, -0.2) is 8.78 Å². The third-order valence-electron chi connectivity index (χ3n) is 4.21. The summed E-state index contributed by atoms with van der Waals surface area (Å²) in [7, 11) is 0. The monoisotopic (exact) mass is 316 g/mol. The molecule has 0 aromatic heterocycles. The third-order valence-corrected chi connectivity index (χ3v) is 4.21. The summed E-state index contributed by atoms with van der Waals surface area (Å²) in [6.45, 7) is 2.57. The molecule has 4 nitrogen and oxygen atoms in total. The molecule has 4 rings (SSSR count).